The van der Waals surface area contributed by atoms with Crippen molar-refractivity contribution in [2.45, 2.75) is 37.9 Å². The van der Waals surface area contributed by atoms with Gasteiger partial charge in [0, 0.05) is 25.0 Å². The molecule has 2 aromatic carbocycles. The average Bonchev–Trinajstić information content (AvgIpc) is 3.51. The molecule has 1 aliphatic heterocycles. The number of nitrogens with zero attached hydrogens (tertiary/aromatic N) is 3. The lowest BCUT2D eigenvalue weighted by molar-refractivity contribution is 0.0299. The summed E-state index contributed by atoms with van der Waals surface area (Å²) in [4.78, 5) is 2.24. The normalized spacial score (nSPS) is 20.5. The van der Waals surface area contributed by atoms with Crippen LogP contribution in [0.1, 0.15) is 36.8 Å². The lowest BCUT2D eigenvalue weighted by atomic mass is 9.58. The number of benzene rings is 2. The Bertz CT molecular complexity index is 1440. The van der Waals surface area contributed by atoms with E-state index in [-0.39, 0.29) is 13.2 Å². The van der Waals surface area contributed by atoms with E-state index >= 15 is 0 Å². The molecule has 11 heteroatoms. The highest BCUT2D eigenvalue weighted by molar-refractivity contribution is 6.32. The van der Waals surface area contributed by atoms with Crippen LogP contribution in [0.3, 0.4) is 0 Å². The zero-order valence-corrected chi connectivity index (χ0v) is 26.0. The first-order chi connectivity index (χ1) is 21.3. The maximum Gasteiger partial charge on any atom is 0.230 e. The van der Waals surface area contributed by atoms with Crippen molar-refractivity contribution in [2.75, 3.05) is 52.7 Å². The Hall–Kier alpha value is -3.09. The molecule has 0 amide bonds. The summed E-state index contributed by atoms with van der Waals surface area (Å²) in [5, 5.41) is 41.3. The quantitative estimate of drug-likeness (QED) is 0.224. The predicted molar refractivity (Wildman–Crippen MR) is 167 cm³/mol. The van der Waals surface area contributed by atoms with E-state index in [1.54, 1.807) is 12.1 Å². The third-order valence-electron chi connectivity index (χ3n) is 8.86. The third kappa shape index (κ3) is 6.62. The Kier molecular flexibility index (Phi) is 10.2. The van der Waals surface area contributed by atoms with Gasteiger partial charge in [-0.05, 0) is 28.8 Å². The summed E-state index contributed by atoms with van der Waals surface area (Å²) in [6, 6.07) is 15.6. The first-order valence-electron chi connectivity index (χ1n) is 14.8. The number of hydrogen-bond acceptors (Lipinski definition) is 10. The molecule has 0 saturated carbocycles. The van der Waals surface area contributed by atoms with E-state index in [0.29, 0.717) is 42.3 Å². The van der Waals surface area contributed by atoms with Gasteiger partial charge in [-0.15, -0.1) is 10.2 Å². The van der Waals surface area contributed by atoms with Gasteiger partial charge in [-0.2, -0.15) is 0 Å². The van der Waals surface area contributed by atoms with E-state index in [0.717, 1.165) is 29.8 Å². The standard InChI is InChI=1S/C33H41ClN4O6/c1-31(2)26(25-7-4-3-5-8-25)9-6-12-33(31,30-37-36-29(44-30)19-38-13-15-42-16-14-38)23-43-28-11-10-24(17-27(28)34)18-35-32(20-39,21-40)22-41/h3-12,17,35,39-41H,13-16,18-23H2,1-2H3. The summed E-state index contributed by atoms with van der Waals surface area (Å²) < 4.78 is 18.4. The molecule has 1 atom stereocenters. The maximum atomic E-state index is 9.62. The van der Waals surface area contributed by atoms with Gasteiger partial charge in [-0.25, -0.2) is 0 Å². The lowest BCUT2D eigenvalue weighted by Gasteiger charge is -2.45. The molecule has 0 bridgehead atoms. The summed E-state index contributed by atoms with van der Waals surface area (Å²) in [6.45, 7) is 7.07. The van der Waals surface area contributed by atoms with Crippen LogP contribution in [0.15, 0.2) is 71.2 Å². The third-order valence-corrected chi connectivity index (χ3v) is 9.15. The molecule has 1 saturated heterocycles. The summed E-state index contributed by atoms with van der Waals surface area (Å²) in [7, 11) is 0. The molecule has 10 nitrogen and oxygen atoms in total. The molecule has 5 rings (SSSR count). The Morgan fingerprint density at radius 1 is 1.02 bits per heavy atom. The molecule has 1 aromatic heterocycles. The number of rotatable bonds is 13. The number of hydrogen-bond donors (Lipinski definition) is 4. The second-order valence-electron chi connectivity index (χ2n) is 12.0. The maximum absolute atomic E-state index is 9.62. The zero-order chi connectivity index (χ0) is 31.2. The van der Waals surface area contributed by atoms with E-state index in [2.05, 4.69) is 58.5 Å². The predicted octanol–water partition coefficient (Wildman–Crippen LogP) is 3.36. The molecule has 4 N–H and O–H groups in total. The van der Waals surface area contributed by atoms with Crippen LogP contribution >= 0.6 is 11.6 Å². The highest BCUT2D eigenvalue weighted by Gasteiger charge is 2.53. The fourth-order valence-electron chi connectivity index (χ4n) is 5.69. The Labute approximate surface area is 263 Å². The van der Waals surface area contributed by atoms with E-state index in [9.17, 15) is 15.3 Å². The van der Waals surface area contributed by atoms with Crippen molar-refractivity contribution in [3.05, 3.63) is 94.7 Å². The molecular formula is C33H41ClN4O6. The van der Waals surface area contributed by atoms with Gasteiger partial charge in [0.25, 0.3) is 0 Å². The Morgan fingerprint density at radius 2 is 1.75 bits per heavy atom. The molecule has 236 valence electrons. The Balaban J connectivity index is 1.42. The van der Waals surface area contributed by atoms with Crippen molar-refractivity contribution in [3.63, 3.8) is 0 Å². The number of aromatic nitrogens is 2. The smallest absolute Gasteiger partial charge is 0.230 e. The van der Waals surface area contributed by atoms with Gasteiger partial charge in [-0.3, -0.25) is 4.90 Å². The van der Waals surface area contributed by atoms with Gasteiger partial charge in [0.05, 0.1) is 50.1 Å². The van der Waals surface area contributed by atoms with Gasteiger partial charge in [0.2, 0.25) is 11.8 Å². The van der Waals surface area contributed by atoms with E-state index in [1.165, 1.54) is 0 Å². The number of nitrogens with one attached hydrogen (secondary N) is 1. The molecule has 0 spiro atoms. The second-order valence-corrected chi connectivity index (χ2v) is 12.4. The lowest BCUT2D eigenvalue weighted by Crippen LogP contribution is -2.54. The van der Waals surface area contributed by atoms with Gasteiger partial charge < -0.3 is 34.5 Å². The van der Waals surface area contributed by atoms with E-state index in [4.69, 9.17) is 25.5 Å². The number of aliphatic hydroxyl groups is 3. The number of aliphatic hydroxyl groups excluding tert-OH is 3. The zero-order valence-electron chi connectivity index (χ0n) is 25.2. The van der Waals surface area contributed by atoms with Crippen LogP contribution in [-0.4, -0.2) is 88.7 Å². The van der Waals surface area contributed by atoms with Crippen molar-refractivity contribution >= 4 is 17.2 Å². The van der Waals surface area contributed by atoms with Gasteiger partial charge in [-0.1, -0.05) is 80.1 Å². The second kappa shape index (κ2) is 13.9. The van der Waals surface area contributed by atoms with Crippen LogP contribution in [0.2, 0.25) is 5.02 Å². The number of halogens is 1. The van der Waals surface area contributed by atoms with Crippen molar-refractivity contribution in [1.82, 2.24) is 20.4 Å². The first-order valence-corrected chi connectivity index (χ1v) is 15.2. The largest absolute Gasteiger partial charge is 0.491 e. The van der Waals surface area contributed by atoms with Crippen LogP contribution in [-0.2, 0) is 23.2 Å². The van der Waals surface area contributed by atoms with Crippen LogP contribution < -0.4 is 10.1 Å². The fourth-order valence-corrected chi connectivity index (χ4v) is 5.95. The monoisotopic (exact) mass is 624 g/mol. The summed E-state index contributed by atoms with van der Waals surface area (Å²) in [5.74, 6) is 1.50. The minimum Gasteiger partial charge on any atom is -0.491 e. The topological polar surface area (TPSA) is 133 Å². The van der Waals surface area contributed by atoms with Crippen LogP contribution in [0, 0.1) is 5.41 Å². The highest BCUT2D eigenvalue weighted by Crippen LogP contribution is 2.53. The van der Waals surface area contributed by atoms with E-state index < -0.39 is 36.2 Å². The number of morpholine rings is 1. The summed E-state index contributed by atoms with van der Waals surface area (Å²) in [6.07, 6.45) is 6.23. The molecular weight excluding hydrogens is 584 g/mol. The van der Waals surface area contributed by atoms with Crippen molar-refractivity contribution in [1.29, 1.82) is 0 Å². The van der Waals surface area contributed by atoms with Gasteiger partial charge in [0.15, 0.2) is 0 Å². The van der Waals surface area contributed by atoms with Crippen LogP contribution in [0.4, 0.5) is 0 Å². The minimum atomic E-state index is -1.19. The first kappa shape index (κ1) is 32.3. The molecule has 1 fully saturated rings. The van der Waals surface area contributed by atoms with E-state index in [1.807, 2.05) is 30.3 Å². The van der Waals surface area contributed by atoms with Crippen LogP contribution in [0.5, 0.6) is 5.75 Å². The minimum absolute atomic E-state index is 0.180. The molecule has 3 aromatic rings. The highest BCUT2D eigenvalue weighted by atomic mass is 35.5. The molecule has 44 heavy (non-hydrogen) atoms. The molecule has 2 aliphatic rings. The summed E-state index contributed by atoms with van der Waals surface area (Å²) in [5.41, 5.74) is 0.471. The van der Waals surface area contributed by atoms with Crippen molar-refractivity contribution in [3.8, 4) is 5.75 Å². The van der Waals surface area contributed by atoms with Crippen LogP contribution in [0.25, 0.3) is 5.57 Å². The SMILES string of the molecule is CC1(C)C(c2ccccc2)=CC=CC1(COc1ccc(CNC(CO)(CO)CO)cc1Cl)c1nnc(CN2CCOCC2)o1. The van der Waals surface area contributed by atoms with Crippen molar-refractivity contribution in [2.24, 2.45) is 5.41 Å². The number of ether oxygens (including phenoxy) is 2. The summed E-state index contributed by atoms with van der Waals surface area (Å²) >= 11 is 6.70. The Morgan fingerprint density at radius 3 is 2.43 bits per heavy atom. The fraction of sp³-hybridized carbons (Fsp3) is 0.455. The average molecular weight is 625 g/mol. The molecule has 1 unspecified atom stereocenters. The van der Waals surface area contributed by atoms with Gasteiger partial charge >= 0.3 is 0 Å². The van der Waals surface area contributed by atoms with Gasteiger partial charge in [0.1, 0.15) is 17.8 Å². The molecule has 0 radical (unpaired) electrons. The molecule has 1 aliphatic carbocycles. The molecule has 2 heterocycles. The van der Waals surface area contributed by atoms with Crippen molar-refractivity contribution < 1.29 is 29.2 Å². The number of allylic oxidation sites excluding steroid dienone is 3.